The molecule has 0 aliphatic rings. The lowest BCUT2D eigenvalue weighted by atomic mass is 10.2. The minimum Gasteiger partial charge on any atom is -0.494 e. The monoisotopic (exact) mass is 377 g/mol. The van der Waals surface area contributed by atoms with Crippen LogP contribution in [0, 0.1) is 6.92 Å². The summed E-state index contributed by atoms with van der Waals surface area (Å²) in [5.41, 5.74) is 2.38. The number of carbonyl (C=O) groups is 1. The highest BCUT2D eigenvalue weighted by Gasteiger charge is 2.13. The molecule has 0 aliphatic heterocycles. The van der Waals surface area contributed by atoms with Gasteiger partial charge >= 0.3 is 0 Å². The van der Waals surface area contributed by atoms with Crippen LogP contribution >= 0.6 is 23.2 Å². The summed E-state index contributed by atoms with van der Waals surface area (Å²) in [6.07, 6.45) is 0. The summed E-state index contributed by atoms with van der Waals surface area (Å²) < 4.78 is 7.16. The Labute approximate surface area is 155 Å². The number of ether oxygens (including phenoxy) is 1. The molecule has 0 radical (unpaired) electrons. The van der Waals surface area contributed by atoms with E-state index in [1.807, 2.05) is 31.2 Å². The van der Waals surface area contributed by atoms with Gasteiger partial charge in [-0.25, -0.2) is 4.98 Å². The Morgan fingerprint density at radius 2 is 1.92 bits per heavy atom. The van der Waals surface area contributed by atoms with Crippen molar-refractivity contribution in [2.24, 2.45) is 0 Å². The second-order valence-corrected chi connectivity index (χ2v) is 6.34. The number of hydrogen-bond acceptors (Lipinski definition) is 3. The first-order chi connectivity index (χ1) is 12.0. The summed E-state index contributed by atoms with van der Waals surface area (Å²) in [4.78, 5) is 16.8. The van der Waals surface area contributed by atoms with Gasteiger partial charge in [0.15, 0.2) is 5.75 Å². The van der Waals surface area contributed by atoms with Crippen molar-refractivity contribution in [1.82, 2.24) is 14.9 Å². The van der Waals surface area contributed by atoms with Gasteiger partial charge < -0.3 is 14.6 Å². The first-order valence-corrected chi connectivity index (χ1v) is 8.50. The maximum absolute atomic E-state index is 12.3. The third-order valence-corrected chi connectivity index (χ3v) is 4.49. The number of hydrogen-bond donors (Lipinski definition) is 1. The molecule has 0 saturated carbocycles. The molecule has 5 nitrogen and oxygen atoms in total. The number of rotatable bonds is 5. The molecular weight excluding hydrogens is 361 g/mol. The van der Waals surface area contributed by atoms with Crippen LogP contribution in [0.4, 0.5) is 0 Å². The van der Waals surface area contributed by atoms with E-state index in [0.717, 1.165) is 16.9 Å². The van der Waals surface area contributed by atoms with Crippen molar-refractivity contribution in [2.75, 3.05) is 13.7 Å². The van der Waals surface area contributed by atoms with E-state index in [-0.39, 0.29) is 5.91 Å². The van der Waals surface area contributed by atoms with Crippen LogP contribution in [-0.4, -0.2) is 29.1 Å². The molecular formula is C18H17Cl2N3O2. The molecule has 7 heteroatoms. The second-order valence-electron chi connectivity index (χ2n) is 5.53. The highest BCUT2D eigenvalue weighted by molar-refractivity contribution is 6.37. The van der Waals surface area contributed by atoms with Crippen LogP contribution < -0.4 is 10.1 Å². The van der Waals surface area contributed by atoms with Crippen LogP contribution in [0.3, 0.4) is 0 Å². The zero-order valence-corrected chi connectivity index (χ0v) is 15.4. The normalized spacial score (nSPS) is 10.9. The summed E-state index contributed by atoms with van der Waals surface area (Å²) >= 11 is 12.2. The average Bonchev–Trinajstić information content (AvgIpc) is 2.90. The lowest BCUT2D eigenvalue weighted by molar-refractivity contribution is 0.0952. The Bertz CT molecular complexity index is 914. The second kappa shape index (κ2) is 7.33. The molecule has 0 fully saturated rings. The van der Waals surface area contributed by atoms with Gasteiger partial charge in [0.1, 0.15) is 5.82 Å². The van der Waals surface area contributed by atoms with Gasteiger partial charge in [-0.05, 0) is 31.2 Å². The number of halogens is 2. The topological polar surface area (TPSA) is 56.1 Å². The number of amides is 1. The molecule has 0 bridgehead atoms. The van der Waals surface area contributed by atoms with Crippen LogP contribution in [0.1, 0.15) is 16.2 Å². The van der Waals surface area contributed by atoms with Crippen molar-refractivity contribution in [3.63, 3.8) is 0 Å². The molecule has 1 N–H and O–H groups in total. The Kier molecular flexibility index (Phi) is 5.16. The minimum absolute atomic E-state index is 0.242. The Morgan fingerprint density at radius 1 is 1.24 bits per heavy atom. The van der Waals surface area contributed by atoms with Crippen LogP contribution in [0.2, 0.25) is 10.0 Å². The van der Waals surface area contributed by atoms with Crippen LogP contribution in [0.15, 0.2) is 36.4 Å². The summed E-state index contributed by atoms with van der Waals surface area (Å²) in [5.74, 6) is 1.03. The maximum atomic E-state index is 12.3. The number of methoxy groups -OCH3 is 1. The number of imidazole rings is 1. The van der Waals surface area contributed by atoms with E-state index in [9.17, 15) is 4.79 Å². The van der Waals surface area contributed by atoms with Crippen molar-refractivity contribution in [3.8, 4) is 5.75 Å². The van der Waals surface area contributed by atoms with Gasteiger partial charge in [0, 0.05) is 18.7 Å². The molecule has 0 unspecified atom stereocenters. The number of nitrogens with one attached hydrogen (secondary N) is 1. The smallest absolute Gasteiger partial charge is 0.251 e. The molecule has 1 aromatic heterocycles. The van der Waals surface area contributed by atoms with Crippen LogP contribution in [-0.2, 0) is 6.54 Å². The van der Waals surface area contributed by atoms with Gasteiger partial charge in [-0.15, -0.1) is 0 Å². The number of nitrogens with zero attached hydrogens (tertiary/aromatic N) is 2. The molecule has 1 amide bonds. The van der Waals surface area contributed by atoms with Crippen molar-refractivity contribution < 1.29 is 9.53 Å². The molecule has 25 heavy (non-hydrogen) atoms. The van der Waals surface area contributed by atoms with E-state index < -0.39 is 0 Å². The lowest BCUT2D eigenvalue weighted by Gasteiger charge is -2.11. The van der Waals surface area contributed by atoms with Gasteiger partial charge in [0.2, 0.25) is 0 Å². The first-order valence-electron chi connectivity index (χ1n) is 7.74. The van der Waals surface area contributed by atoms with E-state index in [2.05, 4.69) is 14.9 Å². The van der Waals surface area contributed by atoms with E-state index in [4.69, 9.17) is 27.9 Å². The van der Waals surface area contributed by atoms with Crippen molar-refractivity contribution in [2.45, 2.75) is 13.5 Å². The zero-order chi connectivity index (χ0) is 18.0. The quantitative estimate of drug-likeness (QED) is 0.728. The Balaban J connectivity index is 1.69. The summed E-state index contributed by atoms with van der Waals surface area (Å²) in [6, 6.07) is 11.0. The molecule has 3 aromatic rings. The average molecular weight is 378 g/mol. The fourth-order valence-electron chi connectivity index (χ4n) is 2.75. The molecule has 3 rings (SSSR count). The van der Waals surface area contributed by atoms with Crippen molar-refractivity contribution in [3.05, 3.63) is 57.8 Å². The number of para-hydroxylation sites is 2. The molecule has 0 spiro atoms. The van der Waals surface area contributed by atoms with Gasteiger partial charge in [-0.2, -0.15) is 0 Å². The van der Waals surface area contributed by atoms with E-state index in [1.54, 1.807) is 12.1 Å². The number of carbonyl (C=O) groups excluding carboxylic acids is 1. The predicted octanol–water partition coefficient (Wildman–Crippen LogP) is 4.09. The SMILES string of the molecule is COc1c(Cl)cc(C(=O)NCCn2c(C)nc3ccccc32)cc1Cl. The predicted molar refractivity (Wildman–Crippen MR) is 99.8 cm³/mol. The third-order valence-electron chi connectivity index (χ3n) is 3.93. The number of aromatic nitrogens is 2. The van der Waals surface area contributed by atoms with Crippen LogP contribution in [0.5, 0.6) is 5.75 Å². The highest BCUT2D eigenvalue weighted by Crippen LogP contribution is 2.33. The maximum Gasteiger partial charge on any atom is 0.251 e. The molecule has 0 saturated heterocycles. The fourth-order valence-corrected chi connectivity index (χ4v) is 3.39. The Hall–Kier alpha value is -2.24. The van der Waals surface area contributed by atoms with Gasteiger partial charge in [-0.3, -0.25) is 4.79 Å². The molecule has 2 aromatic carbocycles. The molecule has 130 valence electrons. The molecule has 1 heterocycles. The van der Waals surface area contributed by atoms with Crippen LogP contribution in [0.25, 0.3) is 11.0 Å². The lowest BCUT2D eigenvalue weighted by Crippen LogP contribution is -2.27. The summed E-state index contributed by atoms with van der Waals surface area (Å²) in [6.45, 7) is 3.03. The van der Waals surface area contributed by atoms with E-state index in [1.165, 1.54) is 7.11 Å². The Morgan fingerprint density at radius 3 is 2.60 bits per heavy atom. The highest BCUT2D eigenvalue weighted by atomic mass is 35.5. The fraction of sp³-hybridized carbons (Fsp3) is 0.222. The molecule has 0 aliphatic carbocycles. The standard InChI is InChI=1S/C18H17Cl2N3O2/c1-11-22-15-5-3-4-6-16(15)23(11)8-7-21-18(24)12-9-13(19)17(25-2)14(20)10-12/h3-6,9-10H,7-8H2,1-2H3,(H,21,24). The summed E-state index contributed by atoms with van der Waals surface area (Å²) in [7, 11) is 1.48. The van der Waals surface area contributed by atoms with E-state index >= 15 is 0 Å². The number of aryl methyl sites for hydroxylation is 1. The van der Waals surface area contributed by atoms with E-state index in [0.29, 0.717) is 34.4 Å². The minimum atomic E-state index is -0.242. The number of benzene rings is 2. The first kappa shape index (κ1) is 17.6. The largest absolute Gasteiger partial charge is 0.494 e. The number of fused-ring (bicyclic) bond motifs is 1. The summed E-state index contributed by atoms with van der Waals surface area (Å²) in [5, 5.41) is 3.48. The van der Waals surface area contributed by atoms with Crippen molar-refractivity contribution >= 4 is 40.1 Å². The van der Waals surface area contributed by atoms with Gasteiger partial charge in [-0.1, -0.05) is 35.3 Å². The van der Waals surface area contributed by atoms with Gasteiger partial charge in [0.05, 0.1) is 28.2 Å². The molecule has 0 atom stereocenters. The van der Waals surface area contributed by atoms with Crippen molar-refractivity contribution in [1.29, 1.82) is 0 Å². The van der Waals surface area contributed by atoms with Gasteiger partial charge in [0.25, 0.3) is 5.91 Å². The zero-order valence-electron chi connectivity index (χ0n) is 13.8. The third kappa shape index (κ3) is 3.57.